The van der Waals surface area contributed by atoms with Crippen LogP contribution in [0.5, 0.6) is 0 Å². The summed E-state index contributed by atoms with van der Waals surface area (Å²) in [6.07, 6.45) is 0.540. The van der Waals surface area contributed by atoms with Gasteiger partial charge in [-0.15, -0.1) is 0 Å². The molecule has 1 N–H and O–H groups in total. The summed E-state index contributed by atoms with van der Waals surface area (Å²) in [6.45, 7) is 8.46. The Hall–Kier alpha value is -1.35. The minimum absolute atomic E-state index is 0.268. The van der Waals surface area contributed by atoms with Gasteiger partial charge >= 0.3 is 0 Å². The fourth-order valence-corrected chi connectivity index (χ4v) is 2.50. The van der Waals surface area contributed by atoms with Crippen molar-refractivity contribution >= 4 is 5.91 Å². The van der Waals surface area contributed by atoms with Crippen LogP contribution in [0.4, 0.5) is 0 Å². The predicted molar refractivity (Wildman–Crippen MR) is 72.6 cm³/mol. The first-order valence-electron chi connectivity index (χ1n) is 6.83. The molecule has 1 fully saturated rings. The molecule has 0 atom stereocenters. The van der Waals surface area contributed by atoms with E-state index in [2.05, 4.69) is 13.8 Å². The van der Waals surface area contributed by atoms with Crippen molar-refractivity contribution in [3.63, 3.8) is 0 Å². The maximum absolute atomic E-state index is 12.2. The SMILES string of the molecule is CC(C)[NH+]1CCN(C(=O)Cc2ccccc2)CC1. The number of hydrogen-bond donors (Lipinski definition) is 1. The van der Waals surface area contributed by atoms with Crippen molar-refractivity contribution in [2.24, 2.45) is 0 Å². The predicted octanol–water partition coefficient (Wildman–Crippen LogP) is 0.365. The van der Waals surface area contributed by atoms with E-state index < -0.39 is 0 Å². The fourth-order valence-electron chi connectivity index (χ4n) is 2.50. The molecule has 1 aromatic carbocycles. The molecule has 1 saturated heterocycles. The van der Waals surface area contributed by atoms with Crippen LogP contribution in [0.25, 0.3) is 0 Å². The standard InChI is InChI=1S/C15H22N2O/c1-13(2)16-8-10-17(11-9-16)15(18)12-14-6-4-3-5-7-14/h3-7,13H,8-12H2,1-2H3/p+1. The summed E-state index contributed by atoms with van der Waals surface area (Å²) in [5.74, 6) is 0.268. The average Bonchev–Trinajstić information content (AvgIpc) is 2.40. The number of quaternary nitrogens is 1. The van der Waals surface area contributed by atoms with Crippen LogP contribution in [0.3, 0.4) is 0 Å². The molecule has 1 amide bonds. The van der Waals surface area contributed by atoms with Crippen molar-refractivity contribution in [3.05, 3.63) is 35.9 Å². The molecule has 0 spiro atoms. The van der Waals surface area contributed by atoms with Crippen molar-refractivity contribution in [2.45, 2.75) is 26.3 Å². The second-order valence-electron chi connectivity index (χ2n) is 5.36. The van der Waals surface area contributed by atoms with Crippen molar-refractivity contribution in [1.82, 2.24) is 4.90 Å². The molecule has 1 aliphatic heterocycles. The van der Waals surface area contributed by atoms with Gasteiger partial charge in [-0.05, 0) is 19.4 Å². The topological polar surface area (TPSA) is 24.8 Å². The van der Waals surface area contributed by atoms with Gasteiger partial charge in [0.15, 0.2) is 0 Å². The quantitative estimate of drug-likeness (QED) is 0.820. The van der Waals surface area contributed by atoms with E-state index in [1.165, 1.54) is 0 Å². The van der Waals surface area contributed by atoms with Gasteiger partial charge in [-0.1, -0.05) is 30.3 Å². The van der Waals surface area contributed by atoms with Crippen LogP contribution in [-0.2, 0) is 11.2 Å². The minimum atomic E-state index is 0.268. The molecule has 98 valence electrons. The number of nitrogens with one attached hydrogen (secondary N) is 1. The van der Waals surface area contributed by atoms with Crippen molar-refractivity contribution in [3.8, 4) is 0 Å². The lowest BCUT2D eigenvalue weighted by atomic mass is 10.1. The highest BCUT2D eigenvalue weighted by Crippen LogP contribution is 2.03. The summed E-state index contributed by atoms with van der Waals surface area (Å²) in [5, 5.41) is 0. The second kappa shape index (κ2) is 6.01. The van der Waals surface area contributed by atoms with E-state index in [1.807, 2.05) is 35.2 Å². The zero-order valence-corrected chi connectivity index (χ0v) is 11.4. The van der Waals surface area contributed by atoms with Crippen LogP contribution in [0.2, 0.25) is 0 Å². The van der Waals surface area contributed by atoms with Gasteiger partial charge < -0.3 is 9.80 Å². The molecule has 0 bridgehead atoms. The van der Waals surface area contributed by atoms with E-state index in [9.17, 15) is 4.79 Å². The van der Waals surface area contributed by atoms with Gasteiger partial charge in [0.25, 0.3) is 0 Å². The van der Waals surface area contributed by atoms with E-state index in [4.69, 9.17) is 0 Å². The first-order valence-corrected chi connectivity index (χ1v) is 6.83. The largest absolute Gasteiger partial charge is 0.331 e. The number of carbonyl (C=O) groups excluding carboxylic acids is 1. The first-order chi connectivity index (χ1) is 8.66. The molecule has 3 heteroatoms. The third-order valence-electron chi connectivity index (χ3n) is 3.77. The van der Waals surface area contributed by atoms with Gasteiger partial charge in [0.1, 0.15) is 0 Å². The summed E-state index contributed by atoms with van der Waals surface area (Å²) in [7, 11) is 0. The number of piperazine rings is 1. The van der Waals surface area contributed by atoms with Crippen LogP contribution in [-0.4, -0.2) is 43.0 Å². The molecule has 0 radical (unpaired) electrons. The second-order valence-corrected chi connectivity index (χ2v) is 5.36. The first kappa shape index (κ1) is 13.1. The number of carbonyl (C=O) groups is 1. The smallest absolute Gasteiger partial charge is 0.227 e. The summed E-state index contributed by atoms with van der Waals surface area (Å²) < 4.78 is 0. The molecule has 1 aliphatic rings. The number of benzene rings is 1. The van der Waals surface area contributed by atoms with E-state index in [0.717, 1.165) is 31.7 Å². The number of amides is 1. The number of hydrogen-bond acceptors (Lipinski definition) is 1. The van der Waals surface area contributed by atoms with Gasteiger partial charge in [0.2, 0.25) is 5.91 Å². The minimum Gasteiger partial charge on any atom is -0.331 e. The fraction of sp³-hybridized carbons (Fsp3) is 0.533. The Morgan fingerprint density at radius 3 is 2.39 bits per heavy atom. The molecule has 3 nitrogen and oxygen atoms in total. The molecule has 1 heterocycles. The van der Waals surface area contributed by atoms with Crippen LogP contribution < -0.4 is 4.90 Å². The highest BCUT2D eigenvalue weighted by atomic mass is 16.2. The summed E-state index contributed by atoms with van der Waals surface area (Å²) in [4.78, 5) is 15.8. The van der Waals surface area contributed by atoms with Crippen molar-refractivity contribution in [2.75, 3.05) is 26.2 Å². The summed E-state index contributed by atoms with van der Waals surface area (Å²) >= 11 is 0. The van der Waals surface area contributed by atoms with Crippen LogP contribution >= 0.6 is 0 Å². The lowest BCUT2D eigenvalue weighted by molar-refractivity contribution is -0.925. The van der Waals surface area contributed by atoms with Crippen molar-refractivity contribution < 1.29 is 9.69 Å². The Labute approximate surface area is 109 Å². The molecular formula is C15H23N2O+. The van der Waals surface area contributed by atoms with Crippen LogP contribution in [0, 0.1) is 0 Å². The Bertz CT molecular complexity index is 381. The molecule has 0 unspecified atom stereocenters. The Morgan fingerprint density at radius 2 is 1.83 bits per heavy atom. The highest BCUT2D eigenvalue weighted by Gasteiger charge is 2.24. The molecule has 1 aromatic rings. The number of rotatable bonds is 3. The lowest BCUT2D eigenvalue weighted by Crippen LogP contribution is -3.17. The molecule has 0 aliphatic carbocycles. The third kappa shape index (κ3) is 3.33. The monoisotopic (exact) mass is 247 g/mol. The van der Waals surface area contributed by atoms with Gasteiger partial charge in [-0.25, -0.2) is 0 Å². The normalized spacial score (nSPS) is 17.2. The maximum Gasteiger partial charge on any atom is 0.227 e. The molecule has 0 saturated carbocycles. The van der Waals surface area contributed by atoms with Gasteiger partial charge in [0.05, 0.1) is 38.6 Å². The Kier molecular flexibility index (Phi) is 4.37. The van der Waals surface area contributed by atoms with Crippen LogP contribution in [0.1, 0.15) is 19.4 Å². The molecular weight excluding hydrogens is 224 g/mol. The summed E-state index contributed by atoms with van der Waals surface area (Å²) in [6, 6.07) is 10.7. The van der Waals surface area contributed by atoms with Crippen LogP contribution in [0.15, 0.2) is 30.3 Å². The van der Waals surface area contributed by atoms with E-state index in [-0.39, 0.29) is 5.91 Å². The van der Waals surface area contributed by atoms with Gasteiger partial charge in [0, 0.05) is 0 Å². The van der Waals surface area contributed by atoms with E-state index >= 15 is 0 Å². The van der Waals surface area contributed by atoms with Gasteiger partial charge in [-0.3, -0.25) is 4.79 Å². The summed E-state index contributed by atoms with van der Waals surface area (Å²) in [5.41, 5.74) is 1.11. The van der Waals surface area contributed by atoms with Gasteiger partial charge in [-0.2, -0.15) is 0 Å². The van der Waals surface area contributed by atoms with E-state index in [0.29, 0.717) is 12.5 Å². The lowest BCUT2D eigenvalue weighted by Gasteiger charge is -2.34. The maximum atomic E-state index is 12.2. The zero-order chi connectivity index (χ0) is 13.0. The highest BCUT2D eigenvalue weighted by molar-refractivity contribution is 5.78. The molecule has 18 heavy (non-hydrogen) atoms. The zero-order valence-electron chi connectivity index (χ0n) is 11.4. The van der Waals surface area contributed by atoms with Crippen molar-refractivity contribution in [1.29, 1.82) is 0 Å². The average molecular weight is 247 g/mol. The molecule has 0 aromatic heterocycles. The Balaban J connectivity index is 1.85. The molecule has 2 rings (SSSR count). The third-order valence-corrected chi connectivity index (χ3v) is 3.77. The Morgan fingerprint density at radius 1 is 1.22 bits per heavy atom. The number of nitrogens with zero attached hydrogens (tertiary/aromatic N) is 1. The van der Waals surface area contributed by atoms with E-state index in [1.54, 1.807) is 4.90 Å².